The van der Waals surface area contributed by atoms with Gasteiger partial charge in [-0.25, -0.2) is 4.99 Å². The quantitative estimate of drug-likeness (QED) is 0.638. The van der Waals surface area contributed by atoms with Crippen LogP contribution in [0.25, 0.3) is 6.08 Å². The molecule has 0 radical (unpaired) electrons. The second-order valence-electron chi connectivity index (χ2n) is 7.74. The van der Waals surface area contributed by atoms with Gasteiger partial charge in [-0.3, -0.25) is 9.69 Å². The second-order valence-corrected chi connectivity index (χ2v) is 7.74. The van der Waals surface area contributed by atoms with Gasteiger partial charge in [0, 0.05) is 20.8 Å². The minimum absolute atomic E-state index is 0.0949. The molecule has 2 aliphatic rings. The number of ether oxygens (including phenoxy) is 2. The number of benzene rings is 1. The molecule has 3 rings (SSSR count). The van der Waals surface area contributed by atoms with Crippen molar-refractivity contribution in [3.63, 3.8) is 0 Å². The zero-order chi connectivity index (χ0) is 22.6. The molecule has 2 unspecified atom stereocenters. The van der Waals surface area contributed by atoms with Gasteiger partial charge in [-0.2, -0.15) is 8.78 Å². The summed E-state index contributed by atoms with van der Waals surface area (Å²) in [5.41, 5.74) is 5.59. The predicted molar refractivity (Wildman–Crippen MR) is 115 cm³/mol. The van der Waals surface area contributed by atoms with Crippen molar-refractivity contribution in [1.82, 2.24) is 4.90 Å². The van der Waals surface area contributed by atoms with Crippen LogP contribution in [0.5, 0.6) is 0 Å². The lowest BCUT2D eigenvalue weighted by Crippen LogP contribution is -2.42. The molecule has 0 aromatic heterocycles. The van der Waals surface area contributed by atoms with E-state index in [1.807, 2.05) is 36.4 Å². The van der Waals surface area contributed by atoms with Crippen LogP contribution in [-0.2, 0) is 19.8 Å². The monoisotopic (exact) mass is 431 g/mol. The van der Waals surface area contributed by atoms with Gasteiger partial charge in [0.25, 0.3) is 5.91 Å². The van der Waals surface area contributed by atoms with Crippen LogP contribution >= 0.6 is 0 Å². The molecule has 1 heterocycles. The number of rotatable bonds is 8. The number of amides is 1. The number of nitrogens with two attached hydrogens (primary N) is 1. The van der Waals surface area contributed by atoms with E-state index in [1.165, 1.54) is 4.90 Å². The molecule has 166 valence electrons. The molecule has 2 atom stereocenters. The third-order valence-corrected chi connectivity index (χ3v) is 5.46. The summed E-state index contributed by atoms with van der Waals surface area (Å²) in [6, 6.07) is 7.48. The lowest BCUT2D eigenvalue weighted by molar-refractivity contribution is -0.185. The maximum absolute atomic E-state index is 13.4. The summed E-state index contributed by atoms with van der Waals surface area (Å²) in [6.07, 6.45) is 9.76. The van der Waals surface area contributed by atoms with E-state index in [0.29, 0.717) is 17.7 Å². The lowest BCUT2D eigenvalue weighted by atomic mass is 9.78. The number of likely N-dealkylation sites (N-methyl/N-ethyl adjacent to an activating group) is 1. The van der Waals surface area contributed by atoms with Crippen molar-refractivity contribution in [1.29, 1.82) is 0 Å². The third kappa shape index (κ3) is 4.60. The zero-order valence-electron chi connectivity index (χ0n) is 17.8. The van der Waals surface area contributed by atoms with Crippen molar-refractivity contribution in [3.05, 3.63) is 65.3 Å². The van der Waals surface area contributed by atoms with Crippen LogP contribution in [-0.4, -0.2) is 49.7 Å². The highest BCUT2D eigenvalue weighted by Gasteiger charge is 2.51. The number of nitrogens with zero attached hydrogens (tertiary/aromatic N) is 2. The van der Waals surface area contributed by atoms with E-state index in [2.05, 4.69) is 4.99 Å². The molecule has 0 saturated heterocycles. The molecule has 0 spiro atoms. The first-order valence-corrected chi connectivity index (χ1v) is 9.97. The van der Waals surface area contributed by atoms with E-state index < -0.39 is 17.8 Å². The molecule has 8 heteroatoms. The minimum Gasteiger partial charge on any atom is -0.384 e. The molecule has 0 saturated carbocycles. The number of alkyl halides is 2. The Morgan fingerprint density at radius 1 is 1.39 bits per heavy atom. The molecular formula is C23H27F2N3O3. The Labute approximate surface area is 180 Å². The molecule has 6 nitrogen and oxygen atoms in total. The summed E-state index contributed by atoms with van der Waals surface area (Å²) in [5, 5.41) is 0. The van der Waals surface area contributed by atoms with Crippen LogP contribution in [0.3, 0.4) is 0 Å². The fourth-order valence-corrected chi connectivity index (χ4v) is 3.73. The number of guanidine groups is 1. The number of hydrogen-bond acceptors (Lipinski definition) is 5. The van der Waals surface area contributed by atoms with Crippen molar-refractivity contribution in [2.24, 2.45) is 10.7 Å². The Bertz CT molecular complexity index is 957. The number of carbonyl (C=O) groups excluding carboxylic acids is 1. The van der Waals surface area contributed by atoms with Crippen LogP contribution in [0.15, 0.2) is 59.1 Å². The molecule has 1 aromatic rings. The average Bonchev–Trinajstić information content (AvgIpc) is 2.96. The van der Waals surface area contributed by atoms with Crippen LogP contribution in [0.2, 0.25) is 0 Å². The van der Waals surface area contributed by atoms with Gasteiger partial charge in [0.2, 0.25) is 0 Å². The van der Waals surface area contributed by atoms with E-state index in [1.54, 1.807) is 39.3 Å². The lowest BCUT2D eigenvalue weighted by Gasteiger charge is -2.33. The maximum Gasteiger partial charge on any atom is 0.346 e. The van der Waals surface area contributed by atoms with E-state index in [4.69, 9.17) is 15.2 Å². The van der Waals surface area contributed by atoms with Gasteiger partial charge in [-0.1, -0.05) is 48.6 Å². The molecular weight excluding hydrogens is 404 g/mol. The van der Waals surface area contributed by atoms with Crippen molar-refractivity contribution in [3.8, 4) is 0 Å². The van der Waals surface area contributed by atoms with Crippen LogP contribution < -0.4 is 5.73 Å². The summed E-state index contributed by atoms with van der Waals surface area (Å²) in [5.74, 6) is -0.211. The molecule has 2 N–H and O–H groups in total. The first-order chi connectivity index (χ1) is 14.7. The second kappa shape index (κ2) is 9.11. The van der Waals surface area contributed by atoms with Gasteiger partial charge in [0.05, 0.1) is 5.60 Å². The van der Waals surface area contributed by atoms with Gasteiger partial charge in [0.1, 0.15) is 0 Å². The van der Waals surface area contributed by atoms with E-state index >= 15 is 0 Å². The zero-order valence-corrected chi connectivity index (χ0v) is 17.8. The number of methoxy groups -OCH3 is 1. The number of aliphatic imine (C=N–C) groups is 1. The van der Waals surface area contributed by atoms with E-state index in [9.17, 15) is 13.6 Å². The van der Waals surface area contributed by atoms with Gasteiger partial charge in [-0.15, -0.1) is 0 Å². The van der Waals surface area contributed by atoms with Crippen molar-refractivity contribution < 1.29 is 23.0 Å². The predicted octanol–water partition coefficient (Wildman–Crippen LogP) is 3.60. The van der Waals surface area contributed by atoms with Crippen molar-refractivity contribution in [2.45, 2.75) is 37.5 Å². The van der Waals surface area contributed by atoms with Crippen molar-refractivity contribution >= 4 is 17.9 Å². The minimum atomic E-state index is -2.90. The fraction of sp³-hybridized carbons (Fsp3) is 0.391. The highest BCUT2D eigenvalue weighted by Crippen LogP contribution is 2.43. The molecule has 1 amide bonds. The Hall–Kier alpha value is -2.84. The van der Waals surface area contributed by atoms with Gasteiger partial charge in [0.15, 0.2) is 11.5 Å². The topological polar surface area (TPSA) is 77.2 Å². The van der Waals surface area contributed by atoms with Crippen LogP contribution in [0, 0.1) is 0 Å². The number of hydrogen-bond donors (Lipinski definition) is 1. The van der Waals surface area contributed by atoms with Crippen LogP contribution in [0.4, 0.5) is 8.78 Å². The Morgan fingerprint density at radius 3 is 2.74 bits per heavy atom. The van der Waals surface area contributed by atoms with E-state index in [0.717, 1.165) is 12.0 Å². The third-order valence-electron chi connectivity index (χ3n) is 5.46. The summed E-state index contributed by atoms with van der Waals surface area (Å²) >= 11 is 0. The first-order valence-electron chi connectivity index (χ1n) is 9.97. The molecule has 1 aliphatic heterocycles. The molecule has 31 heavy (non-hydrogen) atoms. The normalized spacial score (nSPS) is 26.1. The number of carbonyl (C=O) groups is 1. The molecule has 1 aliphatic carbocycles. The first kappa shape index (κ1) is 22.8. The largest absolute Gasteiger partial charge is 0.384 e. The Morgan fingerprint density at radius 2 is 2.16 bits per heavy atom. The van der Waals surface area contributed by atoms with Crippen molar-refractivity contribution in [2.75, 3.05) is 20.8 Å². The summed E-state index contributed by atoms with van der Waals surface area (Å²) < 4.78 is 35.3. The Kier molecular flexibility index (Phi) is 6.71. The summed E-state index contributed by atoms with van der Waals surface area (Å²) in [7, 11) is 3.21. The van der Waals surface area contributed by atoms with Crippen LogP contribution in [0.1, 0.15) is 30.9 Å². The molecule has 0 fully saturated rings. The van der Waals surface area contributed by atoms with Gasteiger partial charge >= 0.3 is 6.61 Å². The smallest absolute Gasteiger partial charge is 0.346 e. The summed E-state index contributed by atoms with van der Waals surface area (Å²) in [6.45, 7) is -0.712. The SMILES string of the molecule is COCC/C=C/c1cccc(C2(C3=CCC(C)(OC(F)F)C=C3)N=C(N)N(C)C2=O)c1. The maximum atomic E-state index is 13.4. The highest BCUT2D eigenvalue weighted by molar-refractivity contribution is 6.09. The van der Waals surface area contributed by atoms with E-state index in [-0.39, 0.29) is 18.3 Å². The van der Waals surface area contributed by atoms with Gasteiger partial charge < -0.3 is 15.2 Å². The number of halogens is 2. The standard InChI is InChI=1S/C23H27F2N3O3/c1-22(31-20(24)25)12-10-17(11-13-22)23(19(29)28(2)21(26)27-23)18-9-6-8-16(15-18)7-4-5-14-30-3/h4,6-12,15,20H,5,13-14H2,1-3H3,(H2,26,27)/b7-4+. The Balaban J connectivity index is 2.01. The average molecular weight is 431 g/mol. The molecule has 0 bridgehead atoms. The summed E-state index contributed by atoms with van der Waals surface area (Å²) in [4.78, 5) is 19.2. The highest BCUT2D eigenvalue weighted by atomic mass is 19.3. The van der Waals surface area contributed by atoms with Gasteiger partial charge in [-0.05, 0) is 42.5 Å². The fourth-order valence-electron chi connectivity index (χ4n) is 3.73. The molecule has 1 aromatic carbocycles.